The number of phenols is 1. The molecule has 1 aliphatic carbocycles. The number of benzene rings is 1. The monoisotopic (exact) mass is 335 g/mol. The molecule has 1 fully saturated rings. The first-order chi connectivity index (χ1) is 11.3. The molecule has 134 valence electrons. The summed E-state index contributed by atoms with van der Waals surface area (Å²) in [4.78, 5) is 12.7. The van der Waals surface area contributed by atoms with Crippen LogP contribution < -0.4 is 5.32 Å². The topological polar surface area (TPSA) is 89.8 Å². The first-order valence-corrected chi connectivity index (χ1v) is 8.72. The Morgan fingerprint density at radius 1 is 1.33 bits per heavy atom. The van der Waals surface area contributed by atoms with Crippen LogP contribution in [0.5, 0.6) is 5.75 Å². The van der Waals surface area contributed by atoms with Crippen molar-refractivity contribution in [2.45, 2.75) is 51.7 Å². The first kappa shape index (κ1) is 18.7. The van der Waals surface area contributed by atoms with Crippen molar-refractivity contribution in [3.8, 4) is 5.75 Å². The van der Waals surface area contributed by atoms with Crippen LogP contribution in [-0.4, -0.2) is 33.4 Å². The van der Waals surface area contributed by atoms with Crippen molar-refractivity contribution in [1.82, 2.24) is 5.32 Å². The number of hydrogen-bond donors (Lipinski definition) is 4. The molecule has 1 aromatic carbocycles. The third kappa shape index (κ3) is 3.90. The molecular weight excluding hydrogens is 306 g/mol. The minimum Gasteiger partial charge on any atom is -0.508 e. The Labute approximate surface area is 143 Å². The van der Waals surface area contributed by atoms with E-state index in [0.29, 0.717) is 17.9 Å². The SMILES string of the molecule is CC1CCC(C(C)C)[C@@](O)(C(=O)NCC(O)c2ccccc2O)C1. The van der Waals surface area contributed by atoms with Crippen molar-refractivity contribution in [2.75, 3.05) is 6.54 Å². The fourth-order valence-corrected chi connectivity index (χ4v) is 3.86. The summed E-state index contributed by atoms with van der Waals surface area (Å²) in [6.45, 7) is 6.05. The average molecular weight is 335 g/mol. The number of aliphatic hydroxyl groups excluding tert-OH is 1. The molecule has 0 radical (unpaired) electrons. The molecule has 0 aromatic heterocycles. The number of amides is 1. The van der Waals surface area contributed by atoms with Crippen LogP contribution in [0, 0.1) is 17.8 Å². The number of aliphatic hydroxyl groups is 2. The molecule has 0 aliphatic heterocycles. The van der Waals surface area contributed by atoms with Gasteiger partial charge in [-0.15, -0.1) is 0 Å². The second-order valence-corrected chi connectivity index (χ2v) is 7.45. The lowest BCUT2D eigenvalue weighted by Gasteiger charge is -2.43. The maximum atomic E-state index is 12.7. The summed E-state index contributed by atoms with van der Waals surface area (Å²) in [5.74, 6) is -0.0299. The van der Waals surface area contributed by atoms with Crippen LogP contribution in [0.1, 0.15) is 51.7 Å². The highest BCUT2D eigenvalue weighted by Crippen LogP contribution is 2.41. The van der Waals surface area contributed by atoms with E-state index in [9.17, 15) is 20.1 Å². The number of nitrogens with one attached hydrogen (secondary N) is 1. The van der Waals surface area contributed by atoms with E-state index in [1.54, 1.807) is 18.2 Å². The third-order valence-corrected chi connectivity index (χ3v) is 5.19. The van der Waals surface area contributed by atoms with E-state index in [-0.39, 0.29) is 24.1 Å². The molecule has 1 aromatic rings. The summed E-state index contributed by atoms with van der Waals surface area (Å²) in [6.07, 6.45) is 1.26. The fourth-order valence-electron chi connectivity index (χ4n) is 3.86. The highest BCUT2D eigenvalue weighted by atomic mass is 16.3. The lowest BCUT2D eigenvalue weighted by atomic mass is 9.66. The van der Waals surface area contributed by atoms with Crippen molar-refractivity contribution in [1.29, 1.82) is 0 Å². The smallest absolute Gasteiger partial charge is 0.252 e. The van der Waals surface area contributed by atoms with Crippen LogP contribution in [0.4, 0.5) is 0 Å². The molecular formula is C19H29NO4. The molecule has 0 bridgehead atoms. The number of rotatable bonds is 5. The van der Waals surface area contributed by atoms with Gasteiger partial charge in [-0.05, 0) is 36.7 Å². The molecule has 4 atom stereocenters. The zero-order valence-corrected chi connectivity index (χ0v) is 14.7. The molecule has 24 heavy (non-hydrogen) atoms. The van der Waals surface area contributed by atoms with Gasteiger partial charge in [0.05, 0.1) is 6.10 Å². The lowest BCUT2D eigenvalue weighted by molar-refractivity contribution is -0.156. The van der Waals surface area contributed by atoms with Gasteiger partial charge in [0.15, 0.2) is 0 Å². The van der Waals surface area contributed by atoms with E-state index < -0.39 is 17.6 Å². The normalized spacial score (nSPS) is 28.6. The number of aromatic hydroxyl groups is 1. The van der Waals surface area contributed by atoms with Gasteiger partial charge >= 0.3 is 0 Å². The highest BCUT2D eigenvalue weighted by Gasteiger charge is 2.48. The van der Waals surface area contributed by atoms with Gasteiger partial charge in [-0.25, -0.2) is 0 Å². The average Bonchev–Trinajstić information content (AvgIpc) is 2.52. The van der Waals surface area contributed by atoms with Crippen molar-refractivity contribution in [3.05, 3.63) is 29.8 Å². The minimum atomic E-state index is -1.40. The van der Waals surface area contributed by atoms with E-state index in [4.69, 9.17) is 0 Å². The molecule has 1 aliphatic rings. The maximum Gasteiger partial charge on any atom is 0.252 e. The van der Waals surface area contributed by atoms with Crippen molar-refractivity contribution in [3.63, 3.8) is 0 Å². The van der Waals surface area contributed by atoms with E-state index >= 15 is 0 Å². The second-order valence-electron chi connectivity index (χ2n) is 7.45. The predicted octanol–water partition coefficient (Wildman–Crippen LogP) is 2.37. The Morgan fingerprint density at radius 3 is 2.62 bits per heavy atom. The number of hydrogen-bond acceptors (Lipinski definition) is 4. The van der Waals surface area contributed by atoms with E-state index in [1.165, 1.54) is 6.07 Å². The molecule has 3 unspecified atom stereocenters. The zero-order chi connectivity index (χ0) is 17.9. The Kier molecular flexibility index (Phi) is 5.88. The fraction of sp³-hybridized carbons (Fsp3) is 0.632. The standard InChI is InChI=1S/C19H29NO4/c1-12(2)15-9-8-13(3)10-19(15,24)18(23)20-11-17(22)14-6-4-5-7-16(14)21/h4-7,12-13,15,17,21-22,24H,8-11H2,1-3H3,(H,20,23)/t13?,15?,17?,19-/m1/s1. The summed E-state index contributed by atoms with van der Waals surface area (Å²) >= 11 is 0. The molecule has 0 heterocycles. The minimum absolute atomic E-state index is 0.00990. The number of para-hydroxylation sites is 1. The van der Waals surface area contributed by atoms with Gasteiger partial charge < -0.3 is 20.6 Å². The summed E-state index contributed by atoms with van der Waals surface area (Å²) in [5.41, 5.74) is -1.04. The summed E-state index contributed by atoms with van der Waals surface area (Å²) in [5, 5.41) is 33.7. The van der Waals surface area contributed by atoms with Gasteiger partial charge in [0, 0.05) is 12.1 Å². The first-order valence-electron chi connectivity index (χ1n) is 8.72. The summed E-state index contributed by atoms with van der Waals surface area (Å²) in [6, 6.07) is 6.49. The molecule has 1 amide bonds. The molecule has 5 nitrogen and oxygen atoms in total. The molecule has 0 spiro atoms. The molecule has 0 saturated heterocycles. The van der Waals surface area contributed by atoms with Crippen LogP contribution in [0.2, 0.25) is 0 Å². The summed E-state index contributed by atoms with van der Waals surface area (Å²) < 4.78 is 0. The van der Waals surface area contributed by atoms with Crippen LogP contribution in [0.3, 0.4) is 0 Å². The number of carbonyl (C=O) groups excluding carboxylic acids is 1. The summed E-state index contributed by atoms with van der Waals surface area (Å²) in [7, 11) is 0. The Bertz CT molecular complexity index is 574. The Hall–Kier alpha value is -1.59. The Balaban J connectivity index is 2.05. The second kappa shape index (κ2) is 7.53. The van der Waals surface area contributed by atoms with Crippen molar-refractivity contribution >= 4 is 5.91 Å². The molecule has 2 rings (SSSR count). The zero-order valence-electron chi connectivity index (χ0n) is 14.7. The van der Waals surface area contributed by atoms with Crippen LogP contribution in [-0.2, 0) is 4.79 Å². The van der Waals surface area contributed by atoms with E-state index in [1.807, 2.05) is 20.8 Å². The van der Waals surface area contributed by atoms with Crippen LogP contribution in [0.15, 0.2) is 24.3 Å². The third-order valence-electron chi connectivity index (χ3n) is 5.19. The van der Waals surface area contributed by atoms with Gasteiger partial charge in [-0.1, -0.05) is 45.4 Å². The maximum absolute atomic E-state index is 12.7. The van der Waals surface area contributed by atoms with Crippen LogP contribution >= 0.6 is 0 Å². The molecule has 5 heteroatoms. The van der Waals surface area contributed by atoms with Crippen molar-refractivity contribution in [2.24, 2.45) is 17.8 Å². The lowest BCUT2D eigenvalue weighted by Crippen LogP contribution is -2.56. The highest BCUT2D eigenvalue weighted by molar-refractivity contribution is 5.85. The van der Waals surface area contributed by atoms with Crippen molar-refractivity contribution < 1.29 is 20.1 Å². The van der Waals surface area contributed by atoms with Gasteiger partial charge in [0.25, 0.3) is 5.91 Å². The molecule has 1 saturated carbocycles. The van der Waals surface area contributed by atoms with Gasteiger partial charge in [0.2, 0.25) is 0 Å². The number of carbonyl (C=O) groups is 1. The predicted molar refractivity (Wildman–Crippen MR) is 92.4 cm³/mol. The quantitative estimate of drug-likeness (QED) is 0.665. The van der Waals surface area contributed by atoms with Crippen LogP contribution in [0.25, 0.3) is 0 Å². The van der Waals surface area contributed by atoms with Gasteiger partial charge in [0.1, 0.15) is 11.4 Å². The largest absolute Gasteiger partial charge is 0.508 e. The van der Waals surface area contributed by atoms with Gasteiger partial charge in [-0.3, -0.25) is 4.79 Å². The molecule has 4 N–H and O–H groups in total. The van der Waals surface area contributed by atoms with E-state index in [0.717, 1.165) is 12.8 Å². The number of phenolic OH excluding ortho intramolecular Hbond substituents is 1. The Morgan fingerprint density at radius 2 is 2.00 bits per heavy atom. The van der Waals surface area contributed by atoms with Gasteiger partial charge in [-0.2, -0.15) is 0 Å². The van der Waals surface area contributed by atoms with E-state index in [2.05, 4.69) is 5.32 Å².